The molecular weight excluding hydrogens is 128 g/mol. The van der Waals surface area contributed by atoms with Crippen molar-refractivity contribution < 1.29 is 0 Å². The fourth-order valence-corrected chi connectivity index (χ4v) is 0.680. The molecule has 0 radical (unpaired) electrons. The lowest BCUT2D eigenvalue weighted by Gasteiger charge is -1.92. The van der Waals surface area contributed by atoms with Crippen LogP contribution in [0.15, 0.2) is 23.5 Å². The lowest BCUT2D eigenvalue weighted by atomic mass is 10.2. The first-order valence-corrected chi connectivity index (χ1v) is 3.15. The van der Waals surface area contributed by atoms with Crippen molar-refractivity contribution in [3.05, 3.63) is 28.8 Å². The van der Waals surface area contributed by atoms with E-state index in [4.69, 9.17) is 0 Å². The minimum absolute atomic E-state index is 0.247. The smallest absolute Gasteiger partial charge is 0.196 e. The summed E-state index contributed by atoms with van der Waals surface area (Å²) >= 11 is 0. The fourth-order valence-electron chi connectivity index (χ4n) is 0.680. The Morgan fingerprint density at radius 3 is 2.80 bits per heavy atom. The van der Waals surface area contributed by atoms with Gasteiger partial charge in [-0.15, -0.1) is 4.91 Å². The van der Waals surface area contributed by atoms with Crippen molar-refractivity contribution in [1.29, 1.82) is 0 Å². The van der Waals surface area contributed by atoms with Crippen molar-refractivity contribution in [1.82, 2.24) is 4.98 Å². The van der Waals surface area contributed by atoms with E-state index in [0.717, 1.165) is 12.0 Å². The van der Waals surface area contributed by atoms with Gasteiger partial charge in [0.2, 0.25) is 0 Å². The van der Waals surface area contributed by atoms with Gasteiger partial charge in [0, 0.05) is 6.20 Å². The summed E-state index contributed by atoms with van der Waals surface area (Å²) in [5.74, 6) is 0.247. The molecule has 3 nitrogen and oxygen atoms in total. The summed E-state index contributed by atoms with van der Waals surface area (Å²) in [4.78, 5) is 13.7. The van der Waals surface area contributed by atoms with Gasteiger partial charge in [-0.25, -0.2) is 4.98 Å². The first kappa shape index (κ1) is 6.86. The van der Waals surface area contributed by atoms with E-state index in [2.05, 4.69) is 10.2 Å². The van der Waals surface area contributed by atoms with Crippen LogP contribution in [-0.4, -0.2) is 4.98 Å². The zero-order valence-corrected chi connectivity index (χ0v) is 5.74. The van der Waals surface area contributed by atoms with E-state index < -0.39 is 0 Å². The lowest BCUT2D eigenvalue weighted by Crippen LogP contribution is -1.80. The van der Waals surface area contributed by atoms with Crippen LogP contribution >= 0.6 is 0 Å². The van der Waals surface area contributed by atoms with Crippen LogP contribution in [0.2, 0.25) is 0 Å². The zero-order valence-electron chi connectivity index (χ0n) is 5.74. The standard InChI is InChI=1S/C7H8N2O/c1-2-6-3-4-7(9-10)8-5-6/h3-5H,2H2,1H3. The first-order valence-electron chi connectivity index (χ1n) is 3.15. The summed E-state index contributed by atoms with van der Waals surface area (Å²) in [6, 6.07) is 3.47. The summed E-state index contributed by atoms with van der Waals surface area (Å²) in [6.07, 6.45) is 2.60. The van der Waals surface area contributed by atoms with Gasteiger partial charge in [0.15, 0.2) is 5.82 Å². The maximum absolute atomic E-state index is 9.89. The molecule has 0 atom stereocenters. The lowest BCUT2D eigenvalue weighted by molar-refractivity contribution is 1.10. The second-order valence-electron chi connectivity index (χ2n) is 1.97. The van der Waals surface area contributed by atoms with E-state index >= 15 is 0 Å². The molecule has 1 aromatic heterocycles. The van der Waals surface area contributed by atoms with E-state index in [1.165, 1.54) is 0 Å². The summed E-state index contributed by atoms with van der Waals surface area (Å²) in [6.45, 7) is 2.03. The number of pyridine rings is 1. The van der Waals surface area contributed by atoms with E-state index in [0.29, 0.717) is 0 Å². The third kappa shape index (κ3) is 1.37. The van der Waals surface area contributed by atoms with Crippen LogP contribution in [0.4, 0.5) is 5.82 Å². The average molecular weight is 136 g/mol. The van der Waals surface area contributed by atoms with Crippen molar-refractivity contribution in [2.45, 2.75) is 13.3 Å². The average Bonchev–Trinajstić information content (AvgIpc) is 2.05. The molecule has 0 aromatic carbocycles. The quantitative estimate of drug-likeness (QED) is 0.584. The van der Waals surface area contributed by atoms with Gasteiger partial charge in [-0.2, -0.15) is 0 Å². The van der Waals surface area contributed by atoms with E-state index in [1.807, 2.05) is 13.0 Å². The van der Waals surface area contributed by atoms with Crippen molar-refractivity contribution in [2.75, 3.05) is 0 Å². The van der Waals surface area contributed by atoms with E-state index in [1.54, 1.807) is 12.3 Å². The molecular formula is C7H8N2O. The van der Waals surface area contributed by atoms with E-state index in [9.17, 15) is 4.91 Å². The van der Waals surface area contributed by atoms with Crippen LogP contribution in [0.5, 0.6) is 0 Å². The van der Waals surface area contributed by atoms with Crippen LogP contribution in [0.25, 0.3) is 0 Å². The number of hydrogen-bond acceptors (Lipinski definition) is 3. The number of rotatable bonds is 2. The third-order valence-electron chi connectivity index (χ3n) is 1.31. The first-order chi connectivity index (χ1) is 4.86. The highest BCUT2D eigenvalue weighted by atomic mass is 16.3. The van der Waals surface area contributed by atoms with Gasteiger partial charge < -0.3 is 0 Å². The highest BCUT2D eigenvalue weighted by molar-refractivity contribution is 5.28. The second-order valence-corrected chi connectivity index (χ2v) is 1.97. The van der Waals surface area contributed by atoms with Crippen molar-refractivity contribution >= 4 is 5.82 Å². The minimum Gasteiger partial charge on any atom is -0.234 e. The Balaban J connectivity index is 2.90. The molecule has 1 heterocycles. The molecule has 10 heavy (non-hydrogen) atoms. The summed E-state index contributed by atoms with van der Waals surface area (Å²) in [7, 11) is 0. The summed E-state index contributed by atoms with van der Waals surface area (Å²) < 4.78 is 0. The van der Waals surface area contributed by atoms with Crippen molar-refractivity contribution in [2.24, 2.45) is 5.18 Å². The SMILES string of the molecule is CCc1ccc(N=O)nc1. The maximum atomic E-state index is 9.89. The molecule has 0 fully saturated rings. The second kappa shape index (κ2) is 3.06. The van der Waals surface area contributed by atoms with E-state index in [-0.39, 0.29) is 5.82 Å². The van der Waals surface area contributed by atoms with Gasteiger partial charge >= 0.3 is 0 Å². The molecule has 52 valence electrons. The molecule has 0 aliphatic carbocycles. The minimum atomic E-state index is 0.247. The summed E-state index contributed by atoms with van der Waals surface area (Å²) in [5, 5.41) is 2.68. The molecule has 1 aromatic rings. The van der Waals surface area contributed by atoms with Gasteiger partial charge in [-0.3, -0.25) is 0 Å². The Morgan fingerprint density at radius 2 is 2.40 bits per heavy atom. The van der Waals surface area contributed by atoms with Gasteiger partial charge in [0.25, 0.3) is 0 Å². The van der Waals surface area contributed by atoms with Crippen molar-refractivity contribution in [3.63, 3.8) is 0 Å². The Bertz CT molecular complexity index is 218. The van der Waals surface area contributed by atoms with Crippen LogP contribution in [0, 0.1) is 4.91 Å². The molecule has 3 heteroatoms. The number of nitroso groups, excluding NO2 is 1. The van der Waals surface area contributed by atoms with Gasteiger partial charge in [0.05, 0.1) is 0 Å². The molecule has 0 amide bonds. The zero-order chi connectivity index (χ0) is 7.40. The molecule has 0 aliphatic heterocycles. The largest absolute Gasteiger partial charge is 0.234 e. The summed E-state index contributed by atoms with van der Waals surface area (Å²) in [5.41, 5.74) is 1.12. The molecule has 0 spiro atoms. The number of aromatic nitrogens is 1. The van der Waals surface area contributed by atoms with Crippen LogP contribution in [0.3, 0.4) is 0 Å². The highest BCUT2D eigenvalue weighted by Crippen LogP contribution is 2.07. The van der Waals surface area contributed by atoms with Gasteiger partial charge in [-0.1, -0.05) is 13.0 Å². The van der Waals surface area contributed by atoms with Crippen LogP contribution in [-0.2, 0) is 6.42 Å². The van der Waals surface area contributed by atoms with Crippen molar-refractivity contribution in [3.8, 4) is 0 Å². The van der Waals surface area contributed by atoms with Crippen LogP contribution < -0.4 is 0 Å². The maximum Gasteiger partial charge on any atom is 0.196 e. The fraction of sp³-hybridized carbons (Fsp3) is 0.286. The van der Waals surface area contributed by atoms with Crippen LogP contribution in [0.1, 0.15) is 12.5 Å². The van der Waals surface area contributed by atoms with Gasteiger partial charge in [-0.05, 0) is 23.2 Å². The Hall–Kier alpha value is -1.25. The Morgan fingerprint density at radius 1 is 1.60 bits per heavy atom. The third-order valence-corrected chi connectivity index (χ3v) is 1.31. The molecule has 0 bridgehead atoms. The van der Waals surface area contributed by atoms with Gasteiger partial charge in [0.1, 0.15) is 0 Å². The predicted octanol–water partition coefficient (Wildman–Crippen LogP) is 2.04. The monoisotopic (exact) mass is 136 g/mol. The molecule has 0 unspecified atom stereocenters. The molecule has 0 N–H and O–H groups in total. The Labute approximate surface area is 59.1 Å². The number of aryl methyl sites for hydroxylation is 1. The molecule has 0 saturated carbocycles. The number of nitrogens with zero attached hydrogens (tertiary/aromatic N) is 2. The highest BCUT2D eigenvalue weighted by Gasteiger charge is 1.91. The normalized spacial score (nSPS) is 9.30. The Kier molecular flexibility index (Phi) is 2.10. The molecule has 0 saturated heterocycles. The topological polar surface area (TPSA) is 42.3 Å². The predicted molar refractivity (Wildman–Crippen MR) is 39.1 cm³/mol. The molecule has 0 aliphatic rings. The molecule has 1 rings (SSSR count). The number of hydrogen-bond donors (Lipinski definition) is 0.